The Bertz CT molecular complexity index is 801. The Morgan fingerprint density at radius 2 is 2.25 bits per heavy atom. The largest absolute Gasteiger partial charge is 0.396 e. The molecule has 2 N–H and O–H groups in total. The van der Waals surface area contributed by atoms with Crippen molar-refractivity contribution >= 4 is 16.8 Å². The number of carbonyl (C=O) groups is 1. The zero-order valence-corrected chi connectivity index (χ0v) is 13.9. The molecule has 128 valence electrons. The van der Waals surface area contributed by atoms with Crippen LogP contribution in [0.4, 0.5) is 0 Å². The number of hydrogen-bond donors (Lipinski definition) is 2. The van der Waals surface area contributed by atoms with Crippen LogP contribution < -0.4 is 10.7 Å². The number of amides is 1. The fourth-order valence-electron chi connectivity index (χ4n) is 3.48. The van der Waals surface area contributed by atoms with Crippen LogP contribution in [0.15, 0.2) is 35.3 Å². The van der Waals surface area contributed by atoms with Crippen LogP contribution in [0.3, 0.4) is 0 Å². The van der Waals surface area contributed by atoms with Crippen molar-refractivity contribution in [3.8, 4) is 0 Å². The van der Waals surface area contributed by atoms with Gasteiger partial charge in [0.1, 0.15) is 0 Å². The van der Waals surface area contributed by atoms with E-state index in [1.54, 1.807) is 10.7 Å². The highest BCUT2D eigenvalue weighted by atomic mass is 16.3. The number of hydrogen-bond acceptors (Lipinski definition) is 4. The zero-order valence-electron chi connectivity index (χ0n) is 13.9. The molecule has 0 saturated heterocycles. The molecule has 0 aliphatic heterocycles. The van der Waals surface area contributed by atoms with Crippen LogP contribution in [0.25, 0.3) is 10.9 Å². The van der Waals surface area contributed by atoms with E-state index in [-0.39, 0.29) is 35.8 Å². The van der Waals surface area contributed by atoms with Crippen LogP contribution in [0.2, 0.25) is 0 Å². The third kappa shape index (κ3) is 3.19. The van der Waals surface area contributed by atoms with Gasteiger partial charge in [-0.15, -0.1) is 0 Å². The van der Waals surface area contributed by atoms with E-state index in [0.29, 0.717) is 11.9 Å². The van der Waals surface area contributed by atoms with Crippen molar-refractivity contribution in [2.75, 3.05) is 6.61 Å². The molecule has 1 aromatic carbocycles. The van der Waals surface area contributed by atoms with Gasteiger partial charge in [-0.3, -0.25) is 14.3 Å². The van der Waals surface area contributed by atoms with E-state index in [0.717, 1.165) is 24.8 Å². The summed E-state index contributed by atoms with van der Waals surface area (Å²) in [5.41, 5.74) is 0.396. The fourth-order valence-corrected chi connectivity index (χ4v) is 3.48. The summed E-state index contributed by atoms with van der Waals surface area (Å²) < 4.78 is 1.69. The smallest absolute Gasteiger partial charge is 0.222 e. The summed E-state index contributed by atoms with van der Waals surface area (Å²) in [5.74, 6) is -0.0499. The van der Waals surface area contributed by atoms with Crippen LogP contribution in [-0.2, 0) is 11.3 Å². The molecule has 1 heterocycles. The number of aryl methyl sites for hydroxylation is 1. The topological polar surface area (TPSA) is 84.2 Å². The number of fused-ring (bicyclic) bond motifs is 1. The van der Waals surface area contributed by atoms with Crippen molar-refractivity contribution in [2.24, 2.45) is 5.41 Å². The molecule has 1 aromatic heterocycles. The number of aliphatic hydroxyl groups excluding tert-OH is 1. The van der Waals surface area contributed by atoms with Gasteiger partial charge in [0.15, 0.2) is 0 Å². The highest BCUT2D eigenvalue weighted by molar-refractivity contribution is 5.79. The van der Waals surface area contributed by atoms with Crippen molar-refractivity contribution in [1.29, 1.82) is 0 Å². The summed E-state index contributed by atoms with van der Waals surface area (Å²) >= 11 is 0. The third-order valence-corrected chi connectivity index (χ3v) is 5.09. The van der Waals surface area contributed by atoms with Crippen molar-refractivity contribution < 1.29 is 9.90 Å². The number of benzene rings is 1. The van der Waals surface area contributed by atoms with Gasteiger partial charge in [-0.25, -0.2) is 0 Å². The molecular formula is C18H23N3O3. The molecule has 6 nitrogen and oxygen atoms in total. The second-order valence-corrected chi connectivity index (χ2v) is 6.82. The van der Waals surface area contributed by atoms with E-state index in [2.05, 4.69) is 10.4 Å². The SMILES string of the molecule is CC1(CO)CCCC1NC(=O)CCn1ncc(=O)c2ccccc21. The Morgan fingerprint density at radius 1 is 1.46 bits per heavy atom. The predicted molar refractivity (Wildman–Crippen MR) is 91.6 cm³/mol. The molecule has 1 aliphatic rings. The molecule has 1 aliphatic carbocycles. The maximum atomic E-state index is 12.3. The van der Waals surface area contributed by atoms with Crippen molar-refractivity contribution in [2.45, 2.75) is 45.2 Å². The van der Waals surface area contributed by atoms with Crippen molar-refractivity contribution in [3.05, 3.63) is 40.7 Å². The van der Waals surface area contributed by atoms with Crippen LogP contribution in [-0.4, -0.2) is 33.4 Å². The lowest BCUT2D eigenvalue weighted by atomic mass is 9.86. The van der Waals surface area contributed by atoms with E-state index in [9.17, 15) is 14.7 Å². The Balaban J connectivity index is 1.67. The molecule has 2 unspecified atom stereocenters. The number of aromatic nitrogens is 2. The van der Waals surface area contributed by atoms with Crippen LogP contribution >= 0.6 is 0 Å². The molecule has 1 saturated carbocycles. The van der Waals surface area contributed by atoms with E-state index < -0.39 is 0 Å². The standard InChI is InChI=1S/C18H23N3O3/c1-18(12-22)9-4-7-16(18)20-17(24)8-10-21-14-6-3-2-5-13(14)15(23)11-19-21/h2-3,5-6,11,16,22H,4,7-10,12H2,1H3,(H,20,24). The molecule has 0 bridgehead atoms. The summed E-state index contributed by atoms with van der Waals surface area (Å²) in [6, 6.07) is 7.29. The number of nitrogens with one attached hydrogen (secondary N) is 1. The Morgan fingerprint density at radius 3 is 3.04 bits per heavy atom. The van der Waals surface area contributed by atoms with Gasteiger partial charge >= 0.3 is 0 Å². The van der Waals surface area contributed by atoms with Gasteiger partial charge < -0.3 is 10.4 Å². The lowest BCUT2D eigenvalue weighted by molar-refractivity contribution is -0.122. The highest BCUT2D eigenvalue weighted by Crippen LogP contribution is 2.37. The zero-order chi connectivity index (χ0) is 17.2. The summed E-state index contributed by atoms with van der Waals surface area (Å²) in [7, 11) is 0. The number of carbonyl (C=O) groups excluding carboxylic acids is 1. The number of rotatable bonds is 5. The lowest BCUT2D eigenvalue weighted by Gasteiger charge is -2.30. The van der Waals surface area contributed by atoms with Crippen molar-refractivity contribution in [3.63, 3.8) is 0 Å². The minimum Gasteiger partial charge on any atom is -0.396 e. The van der Waals surface area contributed by atoms with Gasteiger partial charge in [-0.2, -0.15) is 5.10 Å². The number of para-hydroxylation sites is 1. The van der Waals surface area contributed by atoms with E-state index >= 15 is 0 Å². The second-order valence-electron chi connectivity index (χ2n) is 6.82. The molecule has 24 heavy (non-hydrogen) atoms. The average molecular weight is 329 g/mol. The molecule has 1 fully saturated rings. The maximum absolute atomic E-state index is 12.3. The molecule has 2 aromatic rings. The van der Waals surface area contributed by atoms with Gasteiger partial charge in [-0.05, 0) is 25.0 Å². The van der Waals surface area contributed by atoms with Crippen LogP contribution in [0, 0.1) is 5.41 Å². The Kier molecular flexibility index (Phi) is 4.66. The first-order chi connectivity index (χ1) is 11.5. The predicted octanol–water partition coefficient (Wildman–Crippen LogP) is 1.45. The van der Waals surface area contributed by atoms with E-state index in [1.165, 1.54) is 6.20 Å². The first-order valence-corrected chi connectivity index (χ1v) is 8.38. The molecule has 1 amide bonds. The van der Waals surface area contributed by atoms with Gasteiger partial charge in [0, 0.05) is 23.3 Å². The first-order valence-electron chi connectivity index (χ1n) is 8.38. The van der Waals surface area contributed by atoms with Gasteiger partial charge in [0.05, 0.1) is 24.9 Å². The molecule has 0 spiro atoms. The average Bonchev–Trinajstić information content (AvgIpc) is 2.96. The first kappa shape index (κ1) is 16.6. The minimum atomic E-state index is -0.224. The minimum absolute atomic E-state index is 0.0220. The van der Waals surface area contributed by atoms with Gasteiger partial charge in [0.25, 0.3) is 0 Å². The van der Waals surface area contributed by atoms with Gasteiger partial charge in [0.2, 0.25) is 11.3 Å². The normalized spacial score (nSPS) is 23.5. The van der Waals surface area contributed by atoms with E-state index in [4.69, 9.17) is 0 Å². The summed E-state index contributed by atoms with van der Waals surface area (Å²) in [6.45, 7) is 2.51. The second kappa shape index (κ2) is 6.73. The molecular weight excluding hydrogens is 306 g/mol. The molecule has 2 atom stereocenters. The van der Waals surface area contributed by atoms with Crippen molar-refractivity contribution in [1.82, 2.24) is 15.1 Å². The molecule has 0 radical (unpaired) electrons. The highest BCUT2D eigenvalue weighted by Gasteiger charge is 2.38. The van der Waals surface area contributed by atoms with E-state index in [1.807, 2.05) is 25.1 Å². The number of nitrogens with zero attached hydrogens (tertiary/aromatic N) is 2. The summed E-state index contributed by atoms with van der Waals surface area (Å²) in [4.78, 5) is 24.1. The van der Waals surface area contributed by atoms with Crippen LogP contribution in [0.5, 0.6) is 0 Å². The summed E-state index contributed by atoms with van der Waals surface area (Å²) in [5, 5.41) is 17.4. The Labute approximate surface area is 140 Å². The van der Waals surface area contributed by atoms with Gasteiger partial charge in [-0.1, -0.05) is 25.5 Å². The lowest BCUT2D eigenvalue weighted by Crippen LogP contribution is -2.45. The molecule has 6 heteroatoms. The fraction of sp³-hybridized carbons (Fsp3) is 0.500. The monoisotopic (exact) mass is 329 g/mol. The maximum Gasteiger partial charge on any atom is 0.222 e. The number of aliphatic hydroxyl groups is 1. The quantitative estimate of drug-likeness (QED) is 0.870. The summed E-state index contributed by atoms with van der Waals surface area (Å²) in [6.07, 6.45) is 4.44. The van der Waals surface area contributed by atoms with Crippen LogP contribution in [0.1, 0.15) is 32.6 Å². The third-order valence-electron chi connectivity index (χ3n) is 5.09. The molecule has 3 rings (SSSR count). The Hall–Kier alpha value is -2.21.